The molecule has 1 saturated heterocycles. The number of anilines is 1. The van der Waals surface area contributed by atoms with E-state index in [9.17, 15) is 4.79 Å². The summed E-state index contributed by atoms with van der Waals surface area (Å²) >= 11 is 0. The zero-order valence-corrected chi connectivity index (χ0v) is 11.5. The molecule has 0 aliphatic carbocycles. The number of morpholine rings is 1. The van der Waals surface area contributed by atoms with Crippen molar-refractivity contribution in [3.05, 3.63) is 42.6 Å². The highest BCUT2D eigenvalue weighted by molar-refractivity contribution is 5.83. The van der Waals surface area contributed by atoms with Crippen molar-refractivity contribution in [1.29, 1.82) is 0 Å². The minimum absolute atomic E-state index is 0.292. The summed E-state index contributed by atoms with van der Waals surface area (Å²) in [5, 5.41) is 0. The molecule has 1 fully saturated rings. The maximum atomic E-state index is 11.6. The number of benzene rings is 1. The van der Waals surface area contributed by atoms with Crippen molar-refractivity contribution in [2.75, 3.05) is 24.7 Å². The van der Waals surface area contributed by atoms with Gasteiger partial charge in [-0.1, -0.05) is 30.3 Å². The Labute approximate surface area is 122 Å². The van der Waals surface area contributed by atoms with Crippen molar-refractivity contribution in [3.63, 3.8) is 0 Å². The van der Waals surface area contributed by atoms with E-state index in [-0.39, 0.29) is 0 Å². The van der Waals surface area contributed by atoms with E-state index >= 15 is 0 Å². The van der Waals surface area contributed by atoms with Gasteiger partial charge in [0.05, 0.1) is 13.2 Å². The van der Waals surface area contributed by atoms with Crippen LogP contribution in [0.3, 0.4) is 0 Å². The van der Waals surface area contributed by atoms with Crippen LogP contribution in [-0.4, -0.2) is 41.7 Å². The van der Waals surface area contributed by atoms with Crippen molar-refractivity contribution >= 4 is 11.7 Å². The molecule has 21 heavy (non-hydrogen) atoms. The average Bonchev–Trinajstić information content (AvgIpc) is 2.56. The van der Waals surface area contributed by atoms with Gasteiger partial charge in [0.25, 0.3) is 0 Å². The number of aromatic nitrogens is 2. The number of nitrogens with zero attached hydrogens (tertiary/aromatic N) is 3. The van der Waals surface area contributed by atoms with Gasteiger partial charge in [-0.25, -0.2) is 9.97 Å². The molecule has 1 atom stereocenters. The minimum atomic E-state index is -0.489. The Morgan fingerprint density at radius 1 is 1.29 bits per heavy atom. The molecule has 2 heterocycles. The smallest absolute Gasteiger partial charge is 0.242 e. The molecular formula is C15H16N4O2. The van der Waals surface area contributed by atoms with Crippen LogP contribution in [-0.2, 0) is 9.53 Å². The lowest BCUT2D eigenvalue weighted by Gasteiger charge is -2.34. The van der Waals surface area contributed by atoms with E-state index in [0.29, 0.717) is 31.4 Å². The fourth-order valence-corrected chi connectivity index (χ4v) is 2.35. The van der Waals surface area contributed by atoms with E-state index < -0.39 is 11.9 Å². The zero-order valence-electron chi connectivity index (χ0n) is 11.5. The predicted octanol–water partition coefficient (Wildman–Crippen LogP) is 0.834. The number of amides is 1. The third kappa shape index (κ3) is 2.85. The number of carbonyl (C=O) groups excluding carboxylic acids is 1. The van der Waals surface area contributed by atoms with Crippen LogP contribution in [0.25, 0.3) is 11.4 Å². The second-order valence-electron chi connectivity index (χ2n) is 4.79. The number of nitrogens with two attached hydrogens (primary N) is 1. The molecule has 0 bridgehead atoms. The number of carbonyl (C=O) groups is 1. The second kappa shape index (κ2) is 5.88. The molecule has 6 heteroatoms. The summed E-state index contributed by atoms with van der Waals surface area (Å²) < 4.78 is 5.32. The fourth-order valence-electron chi connectivity index (χ4n) is 2.35. The van der Waals surface area contributed by atoms with Crippen LogP contribution >= 0.6 is 0 Å². The number of hydrogen-bond acceptors (Lipinski definition) is 5. The van der Waals surface area contributed by atoms with Gasteiger partial charge in [-0.05, 0) is 6.07 Å². The molecule has 108 valence electrons. The summed E-state index contributed by atoms with van der Waals surface area (Å²) in [6.45, 7) is 1.42. The standard InChI is InChI=1S/C15H16N4O2/c16-14(20)12-10-21-9-8-19(12)13-6-7-17-15(18-13)11-4-2-1-3-5-11/h1-7,12H,8-10H2,(H2,16,20)/t12-/m0/s1. The maximum Gasteiger partial charge on any atom is 0.242 e. The highest BCUT2D eigenvalue weighted by atomic mass is 16.5. The maximum absolute atomic E-state index is 11.6. The first-order chi connectivity index (χ1) is 10.3. The van der Waals surface area contributed by atoms with Crippen molar-refractivity contribution in [2.24, 2.45) is 5.73 Å². The van der Waals surface area contributed by atoms with E-state index in [1.165, 1.54) is 0 Å². The molecule has 0 unspecified atom stereocenters. The lowest BCUT2D eigenvalue weighted by atomic mass is 10.2. The first-order valence-electron chi connectivity index (χ1n) is 6.78. The van der Waals surface area contributed by atoms with Gasteiger partial charge in [-0.3, -0.25) is 4.79 Å². The Kier molecular flexibility index (Phi) is 3.79. The third-order valence-corrected chi connectivity index (χ3v) is 3.42. The van der Waals surface area contributed by atoms with Gasteiger partial charge >= 0.3 is 0 Å². The minimum Gasteiger partial charge on any atom is -0.377 e. The van der Waals surface area contributed by atoms with Gasteiger partial charge in [0.2, 0.25) is 5.91 Å². The van der Waals surface area contributed by atoms with Crippen molar-refractivity contribution in [1.82, 2.24) is 9.97 Å². The molecule has 0 saturated carbocycles. The normalized spacial score (nSPS) is 18.5. The molecule has 6 nitrogen and oxygen atoms in total. The summed E-state index contributed by atoms with van der Waals surface area (Å²) in [6, 6.07) is 11.0. The van der Waals surface area contributed by atoms with Crippen molar-refractivity contribution in [2.45, 2.75) is 6.04 Å². The molecule has 2 N–H and O–H groups in total. The molecule has 0 spiro atoms. The van der Waals surface area contributed by atoms with Crippen LogP contribution in [0.2, 0.25) is 0 Å². The van der Waals surface area contributed by atoms with Gasteiger partial charge in [0, 0.05) is 18.3 Å². The third-order valence-electron chi connectivity index (χ3n) is 3.42. The van der Waals surface area contributed by atoms with Crippen molar-refractivity contribution in [3.8, 4) is 11.4 Å². The van der Waals surface area contributed by atoms with Crippen LogP contribution in [0.1, 0.15) is 0 Å². The second-order valence-corrected chi connectivity index (χ2v) is 4.79. The fraction of sp³-hybridized carbons (Fsp3) is 0.267. The highest BCUT2D eigenvalue weighted by Gasteiger charge is 2.28. The van der Waals surface area contributed by atoms with E-state index in [0.717, 1.165) is 5.56 Å². The van der Waals surface area contributed by atoms with E-state index in [1.807, 2.05) is 35.2 Å². The molecule has 1 aliphatic rings. The summed E-state index contributed by atoms with van der Waals surface area (Å²) in [7, 11) is 0. The van der Waals surface area contributed by atoms with Crippen molar-refractivity contribution < 1.29 is 9.53 Å². The first-order valence-corrected chi connectivity index (χ1v) is 6.78. The van der Waals surface area contributed by atoms with Crippen LogP contribution in [0.5, 0.6) is 0 Å². The number of primary amides is 1. The van der Waals surface area contributed by atoms with E-state index in [2.05, 4.69) is 9.97 Å². The molecule has 1 aliphatic heterocycles. The van der Waals surface area contributed by atoms with Gasteiger partial charge in [0.1, 0.15) is 11.9 Å². The summed E-state index contributed by atoms with van der Waals surface area (Å²) in [5.41, 5.74) is 6.37. The SMILES string of the molecule is NC(=O)[C@@H]1COCCN1c1ccnc(-c2ccccc2)n1. The highest BCUT2D eigenvalue weighted by Crippen LogP contribution is 2.21. The Morgan fingerprint density at radius 2 is 2.10 bits per heavy atom. The van der Waals surface area contributed by atoms with Crippen LogP contribution < -0.4 is 10.6 Å². The van der Waals surface area contributed by atoms with Crippen LogP contribution in [0, 0.1) is 0 Å². The summed E-state index contributed by atoms with van der Waals surface area (Å²) in [5.74, 6) is 0.910. The molecule has 1 aromatic carbocycles. The molecule has 0 radical (unpaired) electrons. The molecule has 2 aromatic rings. The topological polar surface area (TPSA) is 81.3 Å². The first kappa shape index (κ1) is 13.5. The number of rotatable bonds is 3. The van der Waals surface area contributed by atoms with Gasteiger partial charge < -0.3 is 15.4 Å². The predicted molar refractivity (Wildman–Crippen MR) is 78.6 cm³/mol. The lowest BCUT2D eigenvalue weighted by molar-refractivity contribution is -0.121. The van der Waals surface area contributed by atoms with E-state index in [4.69, 9.17) is 10.5 Å². The number of hydrogen-bond donors (Lipinski definition) is 1. The van der Waals surface area contributed by atoms with Gasteiger partial charge in [-0.2, -0.15) is 0 Å². The molecule has 1 aromatic heterocycles. The Balaban J connectivity index is 1.93. The molecule has 3 rings (SSSR count). The number of ether oxygens (including phenoxy) is 1. The van der Waals surface area contributed by atoms with Crippen LogP contribution in [0.15, 0.2) is 42.6 Å². The molecule has 1 amide bonds. The summed E-state index contributed by atoms with van der Waals surface area (Å²) in [4.78, 5) is 22.3. The van der Waals surface area contributed by atoms with Crippen LogP contribution in [0.4, 0.5) is 5.82 Å². The Morgan fingerprint density at radius 3 is 2.86 bits per heavy atom. The van der Waals surface area contributed by atoms with E-state index in [1.54, 1.807) is 12.3 Å². The van der Waals surface area contributed by atoms with Gasteiger partial charge in [0.15, 0.2) is 5.82 Å². The lowest BCUT2D eigenvalue weighted by Crippen LogP contribution is -2.53. The largest absolute Gasteiger partial charge is 0.377 e. The van der Waals surface area contributed by atoms with Gasteiger partial charge in [-0.15, -0.1) is 0 Å². The quantitative estimate of drug-likeness (QED) is 0.903. The summed E-state index contributed by atoms with van der Waals surface area (Å²) in [6.07, 6.45) is 1.69. The monoisotopic (exact) mass is 284 g/mol. The average molecular weight is 284 g/mol. The Hall–Kier alpha value is -2.47. The molecular weight excluding hydrogens is 268 g/mol. The zero-order chi connectivity index (χ0) is 14.7. The Bertz CT molecular complexity index is 633.